The van der Waals surface area contributed by atoms with Crippen LogP contribution in [0.2, 0.25) is 0 Å². The summed E-state index contributed by atoms with van der Waals surface area (Å²) in [6.45, 7) is 0.676. The Kier molecular flexibility index (Phi) is 5.25. The standard InChI is InChI=1S/C21H18N4O2S/c26-19(7-10-25-14-24-18-6-2-1-5-17(18)21(25)27)23-12-15-4-3-9-22-20(15)16-8-11-28-13-16/h1-6,8-9,11,13-14H,7,10,12H2,(H,23,26). The molecule has 0 spiro atoms. The third kappa shape index (κ3) is 3.84. The predicted molar refractivity (Wildman–Crippen MR) is 110 cm³/mol. The molecule has 4 rings (SSSR count). The highest BCUT2D eigenvalue weighted by molar-refractivity contribution is 7.08. The van der Waals surface area contributed by atoms with Crippen LogP contribution in [-0.2, 0) is 17.9 Å². The monoisotopic (exact) mass is 390 g/mol. The van der Waals surface area contributed by atoms with Crippen LogP contribution in [0, 0.1) is 0 Å². The molecule has 0 aliphatic rings. The Hall–Kier alpha value is -3.32. The van der Waals surface area contributed by atoms with Crippen LogP contribution >= 0.6 is 11.3 Å². The van der Waals surface area contributed by atoms with E-state index in [-0.39, 0.29) is 24.4 Å². The largest absolute Gasteiger partial charge is 0.352 e. The average molecular weight is 390 g/mol. The molecule has 4 aromatic rings. The van der Waals surface area contributed by atoms with Gasteiger partial charge in [0.05, 0.1) is 22.9 Å². The van der Waals surface area contributed by atoms with E-state index in [4.69, 9.17) is 0 Å². The fraction of sp³-hybridized carbons (Fsp3) is 0.143. The van der Waals surface area contributed by atoms with Gasteiger partial charge in [-0.15, -0.1) is 0 Å². The fourth-order valence-corrected chi connectivity index (χ4v) is 3.65. The van der Waals surface area contributed by atoms with Crippen LogP contribution in [0.4, 0.5) is 0 Å². The lowest BCUT2D eigenvalue weighted by Crippen LogP contribution is -2.27. The molecule has 0 aliphatic carbocycles. The van der Waals surface area contributed by atoms with Crippen molar-refractivity contribution < 1.29 is 4.79 Å². The predicted octanol–water partition coefficient (Wildman–Crippen LogP) is 3.23. The molecule has 0 atom stereocenters. The number of nitrogens with one attached hydrogen (secondary N) is 1. The number of pyridine rings is 1. The summed E-state index contributed by atoms with van der Waals surface area (Å²) in [5, 5.41) is 7.51. The molecule has 7 heteroatoms. The first kappa shape index (κ1) is 18.1. The Morgan fingerprint density at radius 1 is 1.11 bits per heavy atom. The minimum atomic E-state index is -0.134. The number of para-hydroxylation sites is 1. The zero-order valence-corrected chi connectivity index (χ0v) is 15.9. The van der Waals surface area contributed by atoms with Gasteiger partial charge in [0.15, 0.2) is 0 Å². The molecule has 0 saturated carbocycles. The summed E-state index contributed by atoms with van der Waals surface area (Å²) in [5.74, 6) is -0.125. The molecular formula is C21H18N4O2S. The first-order chi connectivity index (χ1) is 13.7. The van der Waals surface area contributed by atoms with Crippen molar-refractivity contribution in [2.24, 2.45) is 0 Å². The van der Waals surface area contributed by atoms with Crippen molar-refractivity contribution in [3.63, 3.8) is 0 Å². The van der Waals surface area contributed by atoms with Crippen LogP contribution in [0.25, 0.3) is 22.2 Å². The van der Waals surface area contributed by atoms with Crippen molar-refractivity contribution in [2.45, 2.75) is 19.5 Å². The second-order valence-electron chi connectivity index (χ2n) is 6.31. The van der Waals surface area contributed by atoms with Crippen molar-refractivity contribution in [3.8, 4) is 11.3 Å². The molecule has 3 heterocycles. The van der Waals surface area contributed by atoms with Gasteiger partial charge < -0.3 is 5.32 Å². The van der Waals surface area contributed by atoms with E-state index in [1.54, 1.807) is 35.7 Å². The van der Waals surface area contributed by atoms with Gasteiger partial charge in [0, 0.05) is 36.7 Å². The lowest BCUT2D eigenvalue weighted by molar-refractivity contribution is -0.121. The maximum atomic E-state index is 12.5. The van der Waals surface area contributed by atoms with Gasteiger partial charge in [-0.1, -0.05) is 18.2 Å². The van der Waals surface area contributed by atoms with E-state index in [0.717, 1.165) is 16.8 Å². The van der Waals surface area contributed by atoms with Gasteiger partial charge in [0.25, 0.3) is 5.56 Å². The van der Waals surface area contributed by atoms with Gasteiger partial charge >= 0.3 is 0 Å². The SMILES string of the molecule is O=C(CCn1cnc2ccccc2c1=O)NCc1cccnc1-c1ccsc1. The van der Waals surface area contributed by atoms with E-state index in [1.807, 2.05) is 35.0 Å². The van der Waals surface area contributed by atoms with Gasteiger partial charge in [-0.25, -0.2) is 4.98 Å². The number of hydrogen-bond acceptors (Lipinski definition) is 5. The Labute approximate surface area is 165 Å². The van der Waals surface area contributed by atoms with Crippen LogP contribution in [0.5, 0.6) is 0 Å². The number of aromatic nitrogens is 3. The van der Waals surface area contributed by atoms with E-state index in [2.05, 4.69) is 15.3 Å². The number of aryl methyl sites for hydroxylation is 1. The number of thiophene rings is 1. The number of nitrogens with zero attached hydrogens (tertiary/aromatic N) is 3. The van der Waals surface area contributed by atoms with Crippen molar-refractivity contribution in [1.29, 1.82) is 0 Å². The normalized spacial score (nSPS) is 10.9. The molecule has 0 fully saturated rings. The van der Waals surface area contributed by atoms with Gasteiger partial charge in [-0.2, -0.15) is 11.3 Å². The third-order valence-electron chi connectivity index (χ3n) is 4.47. The summed E-state index contributed by atoms with van der Waals surface area (Å²) in [6, 6.07) is 13.0. The fourth-order valence-electron chi connectivity index (χ4n) is 3.01. The summed E-state index contributed by atoms with van der Waals surface area (Å²) < 4.78 is 1.47. The summed E-state index contributed by atoms with van der Waals surface area (Å²) in [4.78, 5) is 33.5. The van der Waals surface area contributed by atoms with Crippen LogP contribution < -0.4 is 10.9 Å². The van der Waals surface area contributed by atoms with Crippen LogP contribution in [0.1, 0.15) is 12.0 Å². The van der Waals surface area contributed by atoms with Gasteiger partial charge in [-0.05, 0) is 35.2 Å². The molecule has 0 bridgehead atoms. The first-order valence-corrected chi connectivity index (χ1v) is 9.84. The van der Waals surface area contributed by atoms with E-state index < -0.39 is 0 Å². The molecule has 3 aromatic heterocycles. The highest BCUT2D eigenvalue weighted by Gasteiger charge is 2.09. The van der Waals surface area contributed by atoms with Crippen LogP contribution in [0.3, 0.4) is 0 Å². The molecule has 1 aromatic carbocycles. The number of amides is 1. The zero-order valence-electron chi connectivity index (χ0n) is 15.0. The van der Waals surface area contributed by atoms with Gasteiger partial charge in [0.2, 0.25) is 5.91 Å². The molecule has 0 saturated heterocycles. The molecule has 1 N–H and O–H groups in total. The van der Waals surface area contributed by atoms with Crippen LogP contribution in [0.15, 0.2) is 70.5 Å². The topological polar surface area (TPSA) is 76.9 Å². The van der Waals surface area contributed by atoms with Crippen molar-refractivity contribution >= 4 is 28.1 Å². The lowest BCUT2D eigenvalue weighted by Gasteiger charge is -2.10. The number of benzene rings is 1. The van der Waals surface area contributed by atoms with E-state index >= 15 is 0 Å². The molecular weight excluding hydrogens is 372 g/mol. The smallest absolute Gasteiger partial charge is 0.261 e. The average Bonchev–Trinajstić information content (AvgIpc) is 3.27. The lowest BCUT2D eigenvalue weighted by atomic mass is 10.1. The quantitative estimate of drug-likeness (QED) is 0.548. The second kappa shape index (κ2) is 8.14. The molecule has 0 radical (unpaired) electrons. The highest BCUT2D eigenvalue weighted by Crippen LogP contribution is 2.23. The number of carbonyl (C=O) groups is 1. The molecule has 140 valence electrons. The first-order valence-electron chi connectivity index (χ1n) is 8.90. The van der Waals surface area contributed by atoms with Crippen molar-refractivity contribution in [1.82, 2.24) is 19.9 Å². The zero-order chi connectivity index (χ0) is 19.3. The summed E-state index contributed by atoms with van der Waals surface area (Å²) in [6.07, 6.45) is 3.44. The van der Waals surface area contributed by atoms with Gasteiger partial charge in [0.1, 0.15) is 0 Å². The third-order valence-corrected chi connectivity index (χ3v) is 5.16. The van der Waals surface area contributed by atoms with E-state index in [9.17, 15) is 9.59 Å². The molecule has 1 amide bonds. The van der Waals surface area contributed by atoms with Crippen molar-refractivity contribution in [3.05, 3.63) is 81.7 Å². The number of hydrogen-bond donors (Lipinski definition) is 1. The molecule has 0 unspecified atom stereocenters. The maximum Gasteiger partial charge on any atom is 0.261 e. The number of fused-ring (bicyclic) bond motifs is 1. The number of carbonyl (C=O) groups excluding carboxylic acids is 1. The molecule has 0 aliphatic heterocycles. The minimum Gasteiger partial charge on any atom is -0.352 e. The Bertz CT molecular complexity index is 1170. The number of rotatable bonds is 6. The summed E-state index contributed by atoms with van der Waals surface area (Å²) in [7, 11) is 0. The van der Waals surface area contributed by atoms with Crippen LogP contribution in [-0.4, -0.2) is 20.4 Å². The molecule has 28 heavy (non-hydrogen) atoms. The maximum absolute atomic E-state index is 12.5. The minimum absolute atomic E-state index is 0.125. The Morgan fingerprint density at radius 3 is 2.86 bits per heavy atom. The summed E-state index contributed by atoms with van der Waals surface area (Å²) >= 11 is 1.61. The summed E-state index contributed by atoms with van der Waals surface area (Å²) in [5.41, 5.74) is 3.40. The second-order valence-corrected chi connectivity index (χ2v) is 7.09. The van der Waals surface area contributed by atoms with Gasteiger partial charge in [-0.3, -0.25) is 19.1 Å². The Balaban J connectivity index is 1.40. The van der Waals surface area contributed by atoms with Crippen molar-refractivity contribution in [2.75, 3.05) is 0 Å². The molecule has 6 nitrogen and oxygen atoms in total. The van der Waals surface area contributed by atoms with E-state index in [0.29, 0.717) is 17.4 Å². The Morgan fingerprint density at radius 2 is 2.00 bits per heavy atom. The van der Waals surface area contributed by atoms with E-state index in [1.165, 1.54) is 10.9 Å². The highest BCUT2D eigenvalue weighted by atomic mass is 32.1.